The Kier molecular flexibility index (Phi) is 2.96. The van der Waals surface area contributed by atoms with Crippen molar-refractivity contribution < 1.29 is 14.6 Å². The molecule has 1 aromatic rings. The fraction of sp³-hybridized carbons (Fsp3) is 0.364. The van der Waals surface area contributed by atoms with E-state index in [1.807, 2.05) is 0 Å². The number of nitrogen functional groups attached to an aromatic ring is 1. The predicted molar refractivity (Wildman–Crippen MR) is 60.4 cm³/mol. The molecule has 0 spiro atoms. The largest absolute Gasteiger partial charge is 0.481 e. The summed E-state index contributed by atoms with van der Waals surface area (Å²) in [6, 6.07) is 5.19. The number of aliphatic hydroxyl groups excluding tert-OH is 1. The van der Waals surface area contributed by atoms with Gasteiger partial charge < -0.3 is 20.5 Å². The summed E-state index contributed by atoms with van der Waals surface area (Å²) in [5, 5.41) is 8.79. The molecule has 0 saturated carbocycles. The Balaban J connectivity index is 2.29. The first-order chi connectivity index (χ1) is 7.72. The molecule has 1 amide bonds. The summed E-state index contributed by atoms with van der Waals surface area (Å²) in [5.74, 6) is 0.531. The molecule has 1 aliphatic rings. The van der Waals surface area contributed by atoms with Gasteiger partial charge in [-0.15, -0.1) is 0 Å². The topological polar surface area (TPSA) is 75.8 Å². The standard InChI is InChI=1S/C11H14N2O3/c12-8-2-3-9-10(6-8)16-7-11(15)13(9)4-1-5-14/h2-3,6,14H,1,4-5,7,12H2. The van der Waals surface area contributed by atoms with E-state index in [9.17, 15) is 4.79 Å². The first-order valence-electron chi connectivity index (χ1n) is 5.16. The summed E-state index contributed by atoms with van der Waals surface area (Å²) in [5.41, 5.74) is 6.97. The Morgan fingerprint density at radius 2 is 2.31 bits per heavy atom. The van der Waals surface area contributed by atoms with E-state index in [0.29, 0.717) is 24.4 Å². The monoisotopic (exact) mass is 222 g/mol. The van der Waals surface area contributed by atoms with Crippen LogP contribution in [0, 0.1) is 0 Å². The zero-order valence-corrected chi connectivity index (χ0v) is 8.85. The molecule has 0 radical (unpaired) electrons. The molecule has 86 valence electrons. The minimum Gasteiger partial charge on any atom is -0.481 e. The van der Waals surface area contributed by atoms with Gasteiger partial charge in [-0.2, -0.15) is 0 Å². The molecule has 1 aromatic carbocycles. The minimum atomic E-state index is -0.0919. The molecule has 1 heterocycles. The number of nitrogens with zero attached hydrogens (tertiary/aromatic N) is 1. The lowest BCUT2D eigenvalue weighted by molar-refractivity contribution is -0.121. The summed E-state index contributed by atoms with van der Waals surface area (Å²) in [7, 11) is 0. The van der Waals surface area contributed by atoms with Crippen molar-refractivity contribution in [1.82, 2.24) is 0 Å². The van der Waals surface area contributed by atoms with E-state index in [1.54, 1.807) is 23.1 Å². The fourth-order valence-electron chi connectivity index (χ4n) is 1.70. The van der Waals surface area contributed by atoms with Crippen molar-refractivity contribution in [2.75, 3.05) is 30.4 Å². The molecule has 0 aromatic heterocycles. The number of aliphatic hydroxyl groups is 1. The van der Waals surface area contributed by atoms with Crippen LogP contribution in [0.1, 0.15) is 6.42 Å². The van der Waals surface area contributed by atoms with Gasteiger partial charge in [0, 0.05) is 24.9 Å². The molecule has 16 heavy (non-hydrogen) atoms. The number of nitrogens with two attached hydrogens (primary N) is 1. The molecule has 0 bridgehead atoms. The number of ether oxygens (including phenoxy) is 1. The Labute approximate surface area is 93.4 Å². The van der Waals surface area contributed by atoms with Crippen LogP contribution in [0.5, 0.6) is 5.75 Å². The normalized spacial score (nSPS) is 14.6. The minimum absolute atomic E-state index is 0.0296. The predicted octanol–water partition coefficient (Wildman–Crippen LogP) is 0.377. The number of rotatable bonds is 3. The number of hydrogen-bond donors (Lipinski definition) is 2. The molecule has 3 N–H and O–H groups in total. The molecular formula is C11H14N2O3. The maximum atomic E-state index is 11.6. The summed E-state index contributed by atoms with van der Waals surface area (Å²) in [6.45, 7) is 0.590. The second kappa shape index (κ2) is 4.40. The molecule has 0 saturated heterocycles. The Hall–Kier alpha value is -1.75. The van der Waals surface area contributed by atoms with Gasteiger partial charge in [0.05, 0.1) is 5.69 Å². The number of fused-ring (bicyclic) bond motifs is 1. The highest BCUT2D eigenvalue weighted by atomic mass is 16.5. The molecule has 0 fully saturated rings. The van der Waals surface area contributed by atoms with Crippen LogP contribution >= 0.6 is 0 Å². The second-order valence-electron chi connectivity index (χ2n) is 3.64. The highest BCUT2D eigenvalue weighted by molar-refractivity contribution is 5.98. The van der Waals surface area contributed by atoms with E-state index in [4.69, 9.17) is 15.6 Å². The third-order valence-electron chi connectivity index (χ3n) is 2.47. The average Bonchev–Trinajstić information content (AvgIpc) is 2.28. The van der Waals surface area contributed by atoms with Crippen molar-refractivity contribution in [2.45, 2.75) is 6.42 Å². The van der Waals surface area contributed by atoms with Crippen LogP contribution in [0.15, 0.2) is 18.2 Å². The average molecular weight is 222 g/mol. The summed E-state index contributed by atoms with van der Waals surface area (Å²) < 4.78 is 5.29. The zero-order valence-electron chi connectivity index (χ0n) is 8.85. The second-order valence-corrected chi connectivity index (χ2v) is 3.64. The van der Waals surface area contributed by atoms with Gasteiger partial charge in [0.2, 0.25) is 0 Å². The third kappa shape index (κ3) is 1.94. The Morgan fingerprint density at radius 3 is 3.06 bits per heavy atom. The molecule has 0 aliphatic carbocycles. The van der Waals surface area contributed by atoms with Gasteiger partial charge in [-0.05, 0) is 18.6 Å². The lowest BCUT2D eigenvalue weighted by atomic mass is 10.2. The van der Waals surface area contributed by atoms with E-state index in [2.05, 4.69) is 0 Å². The van der Waals surface area contributed by atoms with Crippen LogP contribution in [0.2, 0.25) is 0 Å². The van der Waals surface area contributed by atoms with Crippen molar-refractivity contribution >= 4 is 17.3 Å². The van der Waals surface area contributed by atoms with Crippen LogP contribution in [-0.2, 0) is 4.79 Å². The van der Waals surface area contributed by atoms with E-state index >= 15 is 0 Å². The van der Waals surface area contributed by atoms with E-state index in [-0.39, 0.29) is 19.1 Å². The molecule has 5 nitrogen and oxygen atoms in total. The van der Waals surface area contributed by atoms with E-state index in [1.165, 1.54) is 0 Å². The number of anilines is 2. The molecule has 0 atom stereocenters. The molecule has 1 aliphatic heterocycles. The van der Waals surface area contributed by atoms with Crippen molar-refractivity contribution in [1.29, 1.82) is 0 Å². The van der Waals surface area contributed by atoms with Gasteiger partial charge in [-0.3, -0.25) is 4.79 Å². The van der Waals surface area contributed by atoms with E-state index in [0.717, 1.165) is 5.69 Å². The van der Waals surface area contributed by atoms with Crippen molar-refractivity contribution in [3.8, 4) is 5.75 Å². The van der Waals surface area contributed by atoms with Gasteiger partial charge in [-0.1, -0.05) is 0 Å². The van der Waals surface area contributed by atoms with Crippen LogP contribution in [0.4, 0.5) is 11.4 Å². The maximum Gasteiger partial charge on any atom is 0.265 e. The first kappa shape index (κ1) is 10.8. The summed E-state index contributed by atoms with van der Waals surface area (Å²) >= 11 is 0. The van der Waals surface area contributed by atoms with Gasteiger partial charge >= 0.3 is 0 Å². The molecular weight excluding hydrogens is 208 g/mol. The number of hydrogen-bond acceptors (Lipinski definition) is 4. The summed E-state index contributed by atoms with van der Waals surface area (Å²) in [4.78, 5) is 13.3. The highest BCUT2D eigenvalue weighted by Gasteiger charge is 2.24. The Bertz CT molecular complexity index is 406. The maximum absolute atomic E-state index is 11.6. The van der Waals surface area contributed by atoms with E-state index < -0.39 is 0 Å². The van der Waals surface area contributed by atoms with Gasteiger partial charge in [0.1, 0.15) is 5.75 Å². The number of benzene rings is 1. The van der Waals surface area contributed by atoms with Crippen molar-refractivity contribution in [3.63, 3.8) is 0 Å². The molecule has 5 heteroatoms. The van der Waals surface area contributed by atoms with Crippen molar-refractivity contribution in [2.24, 2.45) is 0 Å². The van der Waals surface area contributed by atoms with Crippen LogP contribution < -0.4 is 15.4 Å². The lowest BCUT2D eigenvalue weighted by Crippen LogP contribution is -2.39. The number of carbonyl (C=O) groups excluding carboxylic acids is 1. The summed E-state index contributed by atoms with van der Waals surface area (Å²) in [6.07, 6.45) is 0.551. The van der Waals surface area contributed by atoms with Gasteiger partial charge in [0.15, 0.2) is 6.61 Å². The van der Waals surface area contributed by atoms with Crippen LogP contribution in [-0.4, -0.2) is 30.8 Å². The smallest absolute Gasteiger partial charge is 0.265 e. The van der Waals surface area contributed by atoms with Gasteiger partial charge in [-0.25, -0.2) is 0 Å². The lowest BCUT2D eigenvalue weighted by Gasteiger charge is -2.29. The number of amides is 1. The van der Waals surface area contributed by atoms with Crippen LogP contribution in [0.3, 0.4) is 0 Å². The SMILES string of the molecule is Nc1ccc2c(c1)OCC(=O)N2CCCO. The molecule has 2 rings (SSSR count). The molecule has 0 unspecified atom stereocenters. The first-order valence-corrected chi connectivity index (χ1v) is 5.16. The number of carbonyl (C=O) groups is 1. The Morgan fingerprint density at radius 1 is 1.50 bits per heavy atom. The quantitative estimate of drug-likeness (QED) is 0.725. The van der Waals surface area contributed by atoms with Gasteiger partial charge in [0.25, 0.3) is 5.91 Å². The fourth-order valence-corrected chi connectivity index (χ4v) is 1.70. The highest BCUT2D eigenvalue weighted by Crippen LogP contribution is 2.33. The van der Waals surface area contributed by atoms with Crippen molar-refractivity contribution in [3.05, 3.63) is 18.2 Å². The third-order valence-corrected chi connectivity index (χ3v) is 2.47. The zero-order chi connectivity index (χ0) is 11.5. The van der Waals surface area contributed by atoms with Crippen LogP contribution in [0.25, 0.3) is 0 Å².